The van der Waals surface area contributed by atoms with E-state index in [-0.39, 0.29) is 0 Å². The number of aromatic amines is 1. The summed E-state index contributed by atoms with van der Waals surface area (Å²) < 4.78 is 0. The van der Waals surface area contributed by atoms with Gasteiger partial charge in [0.05, 0.1) is 17.8 Å². The minimum absolute atomic E-state index is 0.574. The summed E-state index contributed by atoms with van der Waals surface area (Å²) in [5.74, 6) is 0.625. The minimum Gasteiger partial charge on any atom is -0.363 e. The van der Waals surface area contributed by atoms with Gasteiger partial charge in [-0.2, -0.15) is 10.4 Å². The monoisotopic (exact) mass is 227 g/mol. The van der Waals surface area contributed by atoms with Gasteiger partial charge in [-0.3, -0.25) is 5.10 Å². The van der Waals surface area contributed by atoms with E-state index in [4.69, 9.17) is 5.26 Å². The predicted molar refractivity (Wildman–Crippen MR) is 64.3 cm³/mol. The lowest BCUT2D eigenvalue weighted by molar-refractivity contribution is 0.969. The highest BCUT2D eigenvalue weighted by molar-refractivity contribution is 5.56. The fraction of sp³-hybridized carbons (Fsp3) is 0.250. The number of nitrogens with one attached hydrogen (secondary N) is 2. The van der Waals surface area contributed by atoms with Gasteiger partial charge in [0.15, 0.2) is 0 Å². The molecular formula is C12H13N5. The smallest absolute Gasteiger partial charge is 0.144 e. The van der Waals surface area contributed by atoms with E-state index in [1.165, 1.54) is 0 Å². The first-order chi connectivity index (χ1) is 8.20. The van der Waals surface area contributed by atoms with Crippen LogP contribution in [0.4, 0.5) is 5.82 Å². The van der Waals surface area contributed by atoms with Crippen molar-refractivity contribution in [1.29, 1.82) is 5.26 Å². The third-order valence-electron chi connectivity index (χ3n) is 2.46. The van der Waals surface area contributed by atoms with E-state index >= 15 is 0 Å². The van der Waals surface area contributed by atoms with Gasteiger partial charge < -0.3 is 5.32 Å². The summed E-state index contributed by atoms with van der Waals surface area (Å²) in [6, 6.07) is 5.95. The van der Waals surface area contributed by atoms with Crippen molar-refractivity contribution in [3.8, 4) is 6.07 Å². The van der Waals surface area contributed by atoms with Gasteiger partial charge in [-0.25, -0.2) is 4.98 Å². The fourth-order valence-corrected chi connectivity index (χ4v) is 1.67. The molecule has 0 saturated carbocycles. The number of H-pyrrole nitrogens is 1. The first kappa shape index (κ1) is 11.1. The summed E-state index contributed by atoms with van der Waals surface area (Å²) in [6.45, 7) is 4.40. The molecule has 5 nitrogen and oxygen atoms in total. The van der Waals surface area contributed by atoms with Gasteiger partial charge in [0.2, 0.25) is 0 Å². The van der Waals surface area contributed by atoms with Crippen LogP contribution in [-0.4, -0.2) is 15.2 Å². The standard InChI is InChI=1S/C12H13N5/c1-8-5-9(2)16-12(11(8)6-13)14-7-10-3-4-15-17-10/h3-5H,7H2,1-2H3,(H,14,16)(H,15,17). The van der Waals surface area contributed by atoms with E-state index in [1.54, 1.807) is 6.20 Å². The Labute approximate surface area is 99.5 Å². The third kappa shape index (κ3) is 2.42. The van der Waals surface area contributed by atoms with E-state index in [9.17, 15) is 0 Å². The van der Waals surface area contributed by atoms with Crippen molar-refractivity contribution in [2.45, 2.75) is 20.4 Å². The second-order valence-corrected chi connectivity index (χ2v) is 3.85. The molecule has 0 unspecified atom stereocenters. The molecule has 86 valence electrons. The van der Waals surface area contributed by atoms with Crippen molar-refractivity contribution in [1.82, 2.24) is 15.2 Å². The average Bonchev–Trinajstić information content (AvgIpc) is 2.78. The zero-order valence-corrected chi connectivity index (χ0v) is 9.78. The highest BCUT2D eigenvalue weighted by Gasteiger charge is 2.08. The van der Waals surface area contributed by atoms with Gasteiger partial charge in [0, 0.05) is 11.9 Å². The number of hydrogen-bond donors (Lipinski definition) is 2. The van der Waals surface area contributed by atoms with E-state index in [0.29, 0.717) is 17.9 Å². The van der Waals surface area contributed by atoms with Crippen molar-refractivity contribution < 1.29 is 0 Å². The summed E-state index contributed by atoms with van der Waals surface area (Å²) in [7, 11) is 0. The molecule has 0 aromatic carbocycles. The van der Waals surface area contributed by atoms with Gasteiger partial charge in [0.1, 0.15) is 11.9 Å². The lowest BCUT2D eigenvalue weighted by Gasteiger charge is -2.09. The Hall–Kier alpha value is -2.35. The maximum Gasteiger partial charge on any atom is 0.144 e. The molecule has 0 saturated heterocycles. The molecule has 5 heteroatoms. The number of aryl methyl sites for hydroxylation is 2. The van der Waals surface area contributed by atoms with Crippen molar-refractivity contribution >= 4 is 5.82 Å². The maximum absolute atomic E-state index is 9.10. The molecule has 17 heavy (non-hydrogen) atoms. The highest BCUT2D eigenvalue weighted by Crippen LogP contribution is 2.17. The van der Waals surface area contributed by atoms with E-state index in [2.05, 4.69) is 26.6 Å². The van der Waals surface area contributed by atoms with Crippen molar-refractivity contribution in [2.75, 3.05) is 5.32 Å². The van der Waals surface area contributed by atoms with Crippen LogP contribution in [0.25, 0.3) is 0 Å². The lowest BCUT2D eigenvalue weighted by Crippen LogP contribution is -2.06. The molecule has 0 aliphatic heterocycles. The van der Waals surface area contributed by atoms with Crippen LogP contribution >= 0.6 is 0 Å². The Balaban J connectivity index is 2.23. The predicted octanol–water partition coefficient (Wildman–Crippen LogP) is 1.91. The molecule has 2 aromatic heterocycles. The Kier molecular flexibility index (Phi) is 3.06. The third-order valence-corrected chi connectivity index (χ3v) is 2.46. The van der Waals surface area contributed by atoms with Crippen molar-refractivity contribution in [3.05, 3.63) is 40.8 Å². The highest BCUT2D eigenvalue weighted by atomic mass is 15.1. The fourth-order valence-electron chi connectivity index (χ4n) is 1.67. The molecule has 0 radical (unpaired) electrons. The zero-order valence-electron chi connectivity index (χ0n) is 9.78. The van der Waals surface area contributed by atoms with Crippen LogP contribution < -0.4 is 5.32 Å². The molecule has 2 aromatic rings. The van der Waals surface area contributed by atoms with E-state index in [0.717, 1.165) is 17.0 Å². The lowest BCUT2D eigenvalue weighted by atomic mass is 10.1. The van der Waals surface area contributed by atoms with Crippen LogP contribution in [-0.2, 0) is 6.54 Å². The first-order valence-electron chi connectivity index (χ1n) is 5.31. The van der Waals surface area contributed by atoms with Gasteiger partial charge in [0.25, 0.3) is 0 Å². The molecule has 0 aliphatic rings. The summed E-state index contributed by atoms with van der Waals surface area (Å²) in [6.07, 6.45) is 1.69. The molecule has 0 atom stereocenters. The SMILES string of the molecule is Cc1cc(C)c(C#N)c(NCc2ccn[nH]2)n1. The quantitative estimate of drug-likeness (QED) is 0.839. The summed E-state index contributed by atoms with van der Waals surface area (Å²) in [4.78, 5) is 4.34. The largest absolute Gasteiger partial charge is 0.363 e. The van der Waals surface area contributed by atoms with Crippen LogP contribution in [0.15, 0.2) is 18.3 Å². The molecule has 0 bridgehead atoms. The number of pyridine rings is 1. The van der Waals surface area contributed by atoms with Crippen LogP contribution in [0, 0.1) is 25.2 Å². The summed E-state index contributed by atoms with van der Waals surface area (Å²) in [5.41, 5.74) is 3.38. The number of aromatic nitrogens is 3. The van der Waals surface area contributed by atoms with Gasteiger partial charge in [-0.15, -0.1) is 0 Å². The number of hydrogen-bond acceptors (Lipinski definition) is 4. The number of rotatable bonds is 3. The van der Waals surface area contributed by atoms with Crippen LogP contribution in [0.1, 0.15) is 22.5 Å². The molecule has 0 spiro atoms. The molecule has 0 aliphatic carbocycles. The van der Waals surface area contributed by atoms with Crippen LogP contribution in [0.2, 0.25) is 0 Å². The second-order valence-electron chi connectivity index (χ2n) is 3.85. The van der Waals surface area contributed by atoms with Gasteiger partial charge in [-0.05, 0) is 31.5 Å². The Morgan fingerprint density at radius 2 is 2.29 bits per heavy atom. The Morgan fingerprint density at radius 3 is 2.94 bits per heavy atom. The molecule has 0 amide bonds. The second kappa shape index (κ2) is 4.66. The molecule has 2 rings (SSSR count). The summed E-state index contributed by atoms with van der Waals surface area (Å²) >= 11 is 0. The Bertz CT molecular complexity index is 551. The number of nitrogens with zero attached hydrogens (tertiary/aromatic N) is 3. The van der Waals surface area contributed by atoms with Gasteiger partial charge >= 0.3 is 0 Å². The normalized spacial score (nSPS) is 9.94. The number of nitriles is 1. The Morgan fingerprint density at radius 1 is 1.47 bits per heavy atom. The first-order valence-corrected chi connectivity index (χ1v) is 5.31. The van der Waals surface area contributed by atoms with E-state index < -0.39 is 0 Å². The molecule has 2 N–H and O–H groups in total. The van der Waals surface area contributed by atoms with Crippen LogP contribution in [0.5, 0.6) is 0 Å². The molecular weight excluding hydrogens is 214 g/mol. The van der Waals surface area contributed by atoms with Crippen molar-refractivity contribution in [2.24, 2.45) is 0 Å². The molecule has 2 heterocycles. The van der Waals surface area contributed by atoms with Gasteiger partial charge in [-0.1, -0.05) is 0 Å². The average molecular weight is 227 g/mol. The minimum atomic E-state index is 0.574. The van der Waals surface area contributed by atoms with E-state index in [1.807, 2.05) is 26.0 Å². The van der Waals surface area contributed by atoms with Crippen molar-refractivity contribution in [3.63, 3.8) is 0 Å². The van der Waals surface area contributed by atoms with Crippen LogP contribution in [0.3, 0.4) is 0 Å². The topological polar surface area (TPSA) is 77.4 Å². The zero-order chi connectivity index (χ0) is 12.3. The maximum atomic E-state index is 9.10. The summed E-state index contributed by atoms with van der Waals surface area (Å²) in [5, 5.41) is 19.0. The molecule has 0 fully saturated rings. The number of anilines is 1.